The minimum absolute atomic E-state index is 0.0502. The minimum Gasteiger partial charge on any atom is -0.396 e. The summed E-state index contributed by atoms with van der Waals surface area (Å²) in [5, 5.41) is 9.55. The van der Waals surface area contributed by atoms with Gasteiger partial charge in [0.25, 0.3) is 0 Å². The van der Waals surface area contributed by atoms with Crippen LogP contribution >= 0.6 is 0 Å². The Kier molecular flexibility index (Phi) is 3.53. The van der Waals surface area contributed by atoms with Gasteiger partial charge in [-0.15, -0.1) is 0 Å². The van der Waals surface area contributed by atoms with Crippen LogP contribution in [0.3, 0.4) is 0 Å². The smallest absolute Gasteiger partial charge is 0.0579 e. The maximum atomic E-state index is 9.55. The Morgan fingerprint density at radius 1 is 1.05 bits per heavy atom. The van der Waals surface area contributed by atoms with Crippen molar-refractivity contribution >= 4 is 0 Å². The van der Waals surface area contributed by atoms with Crippen molar-refractivity contribution in [3.63, 3.8) is 0 Å². The van der Waals surface area contributed by atoms with Crippen molar-refractivity contribution in [3.8, 4) is 0 Å². The molecule has 20 heavy (non-hydrogen) atoms. The summed E-state index contributed by atoms with van der Waals surface area (Å²) in [6.07, 6.45) is 5.97. The van der Waals surface area contributed by atoms with E-state index in [1.165, 1.54) is 51.9 Å². The molecule has 1 N–H and O–H groups in total. The van der Waals surface area contributed by atoms with Gasteiger partial charge in [0.2, 0.25) is 0 Å². The molecule has 2 aliphatic carbocycles. The van der Waals surface area contributed by atoms with Gasteiger partial charge < -0.3 is 9.84 Å². The fourth-order valence-electron chi connectivity index (χ4n) is 5.01. The first-order chi connectivity index (χ1) is 9.78. The second-order valence-corrected chi connectivity index (χ2v) is 7.71. The van der Waals surface area contributed by atoms with Gasteiger partial charge in [-0.2, -0.15) is 0 Å². The van der Waals surface area contributed by atoms with Crippen LogP contribution in [-0.2, 0) is 4.74 Å². The van der Waals surface area contributed by atoms with Crippen LogP contribution in [-0.4, -0.2) is 73.5 Å². The van der Waals surface area contributed by atoms with Gasteiger partial charge in [0.05, 0.1) is 25.2 Å². The third kappa shape index (κ3) is 2.31. The highest BCUT2D eigenvalue weighted by atomic mass is 16.5. The number of nitrogens with zero attached hydrogens (tertiary/aromatic N) is 2. The number of hydrogen-bond acceptors (Lipinski definition) is 4. The van der Waals surface area contributed by atoms with Gasteiger partial charge in [-0.3, -0.25) is 9.80 Å². The lowest BCUT2D eigenvalue weighted by Gasteiger charge is -2.46. The Bertz CT molecular complexity index is 345. The molecule has 0 aromatic carbocycles. The lowest BCUT2D eigenvalue weighted by Crippen LogP contribution is -2.58. The van der Waals surface area contributed by atoms with E-state index in [1.807, 2.05) is 0 Å². The van der Waals surface area contributed by atoms with Crippen LogP contribution in [0.2, 0.25) is 0 Å². The number of hydrogen-bond donors (Lipinski definition) is 1. The molecule has 2 saturated carbocycles. The van der Waals surface area contributed by atoms with Gasteiger partial charge in [0, 0.05) is 38.8 Å². The maximum absolute atomic E-state index is 9.55. The molecule has 3 atom stereocenters. The maximum Gasteiger partial charge on any atom is 0.0579 e. The van der Waals surface area contributed by atoms with Crippen LogP contribution in [0.25, 0.3) is 0 Å². The summed E-state index contributed by atoms with van der Waals surface area (Å²) in [6.45, 7) is 7.61. The first-order valence-electron chi connectivity index (χ1n) is 8.43. The average Bonchev–Trinajstić information content (AvgIpc) is 3.06. The molecular formula is C16H28N2O2. The van der Waals surface area contributed by atoms with E-state index in [0.717, 1.165) is 37.6 Å². The molecule has 3 unspecified atom stereocenters. The molecule has 4 fully saturated rings. The quantitative estimate of drug-likeness (QED) is 0.826. The summed E-state index contributed by atoms with van der Waals surface area (Å²) >= 11 is 0. The van der Waals surface area contributed by atoms with E-state index in [2.05, 4.69) is 9.80 Å². The van der Waals surface area contributed by atoms with Gasteiger partial charge >= 0.3 is 0 Å². The van der Waals surface area contributed by atoms with Gasteiger partial charge in [0.1, 0.15) is 0 Å². The molecule has 0 radical (unpaired) electrons. The standard InChI is InChI=1S/C16H28N2O2/c19-10-16(11-20-12-16)9-17-3-5-18(6-4-17)15-8-13-1-2-14(15)7-13/h13-15,19H,1-12H2. The Morgan fingerprint density at radius 3 is 2.35 bits per heavy atom. The zero-order valence-electron chi connectivity index (χ0n) is 12.5. The number of fused-ring (bicyclic) bond motifs is 2. The van der Waals surface area contributed by atoms with Crippen LogP contribution in [0.1, 0.15) is 25.7 Å². The van der Waals surface area contributed by atoms with E-state index in [1.54, 1.807) is 0 Å². The molecule has 0 amide bonds. The Hall–Kier alpha value is -0.160. The van der Waals surface area contributed by atoms with Crippen molar-refractivity contribution in [2.24, 2.45) is 17.3 Å². The third-order valence-corrected chi connectivity index (χ3v) is 6.29. The topological polar surface area (TPSA) is 35.9 Å². The monoisotopic (exact) mass is 280 g/mol. The zero-order valence-corrected chi connectivity index (χ0v) is 12.5. The summed E-state index contributed by atoms with van der Waals surface area (Å²) in [5.41, 5.74) is 0.0502. The lowest BCUT2D eigenvalue weighted by molar-refractivity contribution is -0.151. The third-order valence-electron chi connectivity index (χ3n) is 6.29. The molecule has 4 nitrogen and oxygen atoms in total. The Balaban J connectivity index is 1.28. The SMILES string of the molecule is OCC1(CN2CCN(C3CC4CCC3C4)CC2)COC1. The number of ether oxygens (including phenoxy) is 1. The molecule has 2 aliphatic heterocycles. The number of aliphatic hydroxyl groups excluding tert-OH is 1. The lowest BCUT2D eigenvalue weighted by atomic mass is 9.86. The minimum atomic E-state index is 0.0502. The average molecular weight is 280 g/mol. The normalized spacial score (nSPS) is 41.0. The highest BCUT2D eigenvalue weighted by molar-refractivity contribution is 4.97. The fourth-order valence-corrected chi connectivity index (χ4v) is 5.01. The molecule has 2 heterocycles. The number of piperazine rings is 1. The molecular weight excluding hydrogens is 252 g/mol. The van der Waals surface area contributed by atoms with Crippen molar-refractivity contribution in [2.45, 2.75) is 31.7 Å². The summed E-state index contributed by atoms with van der Waals surface area (Å²) < 4.78 is 5.31. The van der Waals surface area contributed by atoms with E-state index in [0.29, 0.717) is 0 Å². The van der Waals surface area contributed by atoms with Crippen molar-refractivity contribution in [2.75, 3.05) is 52.5 Å². The van der Waals surface area contributed by atoms with Crippen molar-refractivity contribution < 1.29 is 9.84 Å². The highest BCUT2D eigenvalue weighted by Crippen LogP contribution is 2.46. The van der Waals surface area contributed by atoms with Crippen LogP contribution in [0.15, 0.2) is 0 Å². The molecule has 4 aliphatic rings. The van der Waals surface area contributed by atoms with E-state index in [9.17, 15) is 5.11 Å². The van der Waals surface area contributed by atoms with Crippen LogP contribution < -0.4 is 0 Å². The fraction of sp³-hybridized carbons (Fsp3) is 1.00. The number of aliphatic hydroxyl groups is 1. The van der Waals surface area contributed by atoms with E-state index >= 15 is 0 Å². The second kappa shape index (κ2) is 5.24. The molecule has 4 heteroatoms. The first-order valence-corrected chi connectivity index (χ1v) is 8.43. The van der Waals surface area contributed by atoms with Crippen LogP contribution in [0.4, 0.5) is 0 Å². The van der Waals surface area contributed by atoms with Crippen LogP contribution in [0.5, 0.6) is 0 Å². The first kappa shape index (κ1) is 13.5. The van der Waals surface area contributed by atoms with Crippen LogP contribution in [0, 0.1) is 17.3 Å². The molecule has 4 rings (SSSR count). The molecule has 0 aromatic heterocycles. The van der Waals surface area contributed by atoms with Crippen molar-refractivity contribution in [1.82, 2.24) is 9.80 Å². The van der Waals surface area contributed by atoms with E-state index < -0.39 is 0 Å². The number of rotatable bonds is 4. The van der Waals surface area contributed by atoms with Gasteiger partial charge in [-0.1, -0.05) is 6.42 Å². The molecule has 2 bridgehead atoms. The summed E-state index contributed by atoms with van der Waals surface area (Å²) in [7, 11) is 0. The molecule has 0 spiro atoms. The largest absolute Gasteiger partial charge is 0.396 e. The Labute approximate surface area is 122 Å². The van der Waals surface area contributed by atoms with Gasteiger partial charge in [0.15, 0.2) is 0 Å². The predicted molar refractivity (Wildman–Crippen MR) is 77.6 cm³/mol. The summed E-state index contributed by atoms with van der Waals surface area (Å²) in [4.78, 5) is 5.31. The van der Waals surface area contributed by atoms with E-state index in [-0.39, 0.29) is 12.0 Å². The molecule has 2 saturated heterocycles. The highest BCUT2D eigenvalue weighted by Gasteiger charge is 2.44. The second-order valence-electron chi connectivity index (χ2n) is 7.71. The zero-order chi connectivity index (χ0) is 13.6. The van der Waals surface area contributed by atoms with Crippen molar-refractivity contribution in [1.29, 1.82) is 0 Å². The summed E-state index contributed by atoms with van der Waals surface area (Å²) in [6, 6.07) is 0.898. The van der Waals surface area contributed by atoms with Gasteiger partial charge in [-0.05, 0) is 31.1 Å². The Morgan fingerprint density at radius 2 is 1.85 bits per heavy atom. The van der Waals surface area contributed by atoms with E-state index in [4.69, 9.17) is 4.74 Å². The predicted octanol–water partition coefficient (Wildman–Crippen LogP) is 0.802. The summed E-state index contributed by atoms with van der Waals surface area (Å²) in [5.74, 6) is 2.06. The molecule has 114 valence electrons. The van der Waals surface area contributed by atoms with Gasteiger partial charge in [-0.25, -0.2) is 0 Å². The van der Waals surface area contributed by atoms with Crippen molar-refractivity contribution in [3.05, 3.63) is 0 Å². The molecule has 0 aromatic rings.